The van der Waals surface area contributed by atoms with Gasteiger partial charge in [-0.25, -0.2) is 0 Å². The standard InChI is InChI=1S/C20H17ClN2O6/c1-12-9-13(21)3-7-18(12)28-11-15-5-8-19(29-15)20(24)22-16-6-4-14(27-2)10-17(16)23(25)26/h3-10H,11H2,1-2H3,(H,22,24). The zero-order valence-electron chi connectivity index (χ0n) is 15.6. The molecule has 0 radical (unpaired) electrons. The number of aryl methyl sites for hydroxylation is 1. The molecule has 0 aliphatic heterocycles. The molecule has 1 heterocycles. The van der Waals surface area contributed by atoms with E-state index < -0.39 is 10.8 Å². The van der Waals surface area contributed by atoms with Gasteiger partial charge in [0, 0.05) is 5.02 Å². The predicted octanol–water partition coefficient (Wildman–Crippen LogP) is 4.99. The molecule has 0 saturated carbocycles. The molecule has 0 bridgehead atoms. The fourth-order valence-electron chi connectivity index (χ4n) is 2.58. The van der Waals surface area contributed by atoms with Crippen molar-refractivity contribution in [3.63, 3.8) is 0 Å². The van der Waals surface area contributed by atoms with Gasteiger partial charge in [-0.3, -0.25) is 14.9 Å². The second-order valence-electron chi connectivity index (χ2n) is 6.06. The van der Waals surface area contributed by atoms with Crippen LogP contribution in [0, 0.1) is 17.0 Å². The van der Waals surface area contributed by atoms with Crippen LogP contribution in [-0.4, -0.2) is 17.9 Å². The van der Waals surface area contributed by atoms with E-state index in [1.54, 1.807) is 24.3 Å². The Morgan fingerprint density at radius 1 is 1.21 bits per heavy atom. The van der Waals surface area contributed by atoms with Crippen molar-refractivity contribution in [3.05, 3.63) is 80.8 Å². The van der Waals surface area contributed by atoms with Crippen molar-refractivity contribution in [2.75, 3.05) is 12.4 Å². The topological polar surface area (TPSA) is 104 Å². The first kappa shape index (κ1) is 20.2. The number of ether oxygens (including phenoxy) is 2. The summed E-state index contributed by atoms with van der Waals surface area (Å²) in [5, 5.41) is 14.3. The van der Waals surface area contributed by atoms with Gasteiger partial charge in [0.1, 0.15) is 29.6 Å². The molecule has 29 heavy (non-hydrogen) atoms. The number of nitrogens with one attached hydrogen (secondary N) is 1. The number of methoxy groups -OCH3 is 1. The monoisotopic (exact) mass is 416 g/mol. The number of carbonyl (C=O) groups is 1. The minimum Gasteiger partial charge on any atom is -0.496 e. The van der Waals surface area contributed by atoms with Gasteiger partial charge in [-0.2, -0.15) is 0 Å². The summed E-state index contributed by atoms with van der Waals surface area (Å²) >= 11 is 5.92. The fourth-order valence-corrected chi connectivity index (χ4v) is 2.81. The van der Waals surface area contributed by atoms with Crippen molar-refractivity contribution in [2.45, 2.75) is 13.5 Å². The lowest BCUT2D eigenvalue weighted by Gasteiger charge is -2.08. The Morgan fingerprint density at radius 2 is 2.00 bits per heavy atom. The maximum Gasteiger partial charge on any atom is 0.296 e. The van der Waals surface area contributed by atoms with E-state index in [-0.39, 0.29) is 23.7 Å². The number of nitro groups is 1. The number of rotatable bonds is 7. The molecular weight excluding hydrogens is 400 g/mol. The number of furan rings is 1. The first-order valence-corrected chi connectivity index (χ1v) is 8.86. The highest BCUT2D eigenvalue weighted by molar-refractivity contribution is 6.30. The SMILES string of the molecule is COc1ccc(NC(=O)c2ccc(COc3ccc(Cl)cc3C)o2)c([N+](=O)[O-])c1. The Kier molecular flexibility index (Phi) is 6.04. The van der Waals surface area contributed by atoms with E-state index in [2.05, 4.69) is 5.32 Å². The Bertz CT molecular complexity index is 1060. The fraction of sp³-hybridized carbons (Fsp3) is 0.150. The molecule has 8 nitrogen and oxygen atoms in total. The number of amides is 1. The molecule has 0 atom stereocenters. The van der Waals surface area contributed by atoms with Crippen LogP contribution in [0.25, 0.3) is 0 Å². The Morgan fingerprint density at radius 3 is 2.69 bits per heavy atom. The quantitative estimate of drug-likeness (QED) is 0.429. The maximum atomic E-state index is 12.4. The number of nitrogens with zero attached hydrogens (tertiary/aromatic N) is 1. The van der Waals surface area contributed by atoms with Crippen LogP contribution in [0.15, 0.2) is 52.9 Å². The van der Waals surface area contributed by atoms with Crippen molar-refractivity contribution in [1.82, 2.24) is 0 Å². The summed E-state index contributed by atoms with van der Waals surface area (Å²) in [6.07, 6.45) is 0. The summed E-state index contributed by atoms with van der Waals surface area (Å²) in [5.74, 6) is 0.762. The Hall–Kier alpha value is -3.52. The minimum absolute atomic E-state index is 0.00143. The van der Waals surface area contributed by atoms with Crippen molar-refractivity contribution < 1.29 is 23.6 Å². The molecular formula is C20H17ClN2O6. The van der Waals surface area contributed by atoms with Gasteiger partial charge in [0.25, 0.3) is 11.6 Å². The van der Waals surface area contributed by atoms with Gasteiger partial charge in [0.15, 0.2) is 5.76 Å². The summed E-state index contributed by atoms with van der Waals surface area (Å²) in [6, 6.07) is 12.4. The van der Waals surface area contributed by atoms with Crippen LogP contribution in [0.3, 0.4) is 0 Å². The third kappa shape index (κ3) is 4.85. The second kappa shape index (κ2) is 8.66. The van der Waals surface area contributed by atoms with Crippen LogP contribution in [-0.2, 0) is 6.61 Å². The van der Waals surface area contributed by atoms with Crippen molar-refractivity contribution in [1.29, 1.82) is 0 Å². The molecule has 3 aromatic rings. The maximum absolute atomic E-state index is 12.4. The molecule has 9 heteroatoms. The molecule has 0 fully saturated rings. The minimum atomic E-state index is -0.618. The number of hydrogen-bond donors (Lipinski definition) is 1. The summed E-state index contributed by atoms with van der Waals surface area (Å²) in [6.45, 7) is 1.97. The molecule has 0 aliphatic rings. The van der Waals surface area contributed by atoms with Crippen LogP contribution >= 0.6 is 11.6 Å². The Labute approximate surface area is 171 Å². The number of halogens is 1. The van der Waals surface area contributed by atoms with Crippen LogP contribution < -0.4 is 14.8 Å². The summed E-state index contributed by atoms with van der Waals surface area (Å²) in [7, 11) is 1.40. The molecule has 1 amide bonds. The van der Waals surface area contributed by atoms with E-state index in [1.807, 2.05) is 6.92 Å². The van der Waals surface area contributed by atoms with Crippen molar-refractivity contribution in [3.8, 4) is 11.5 Å². The third-order valence-corrected chi connectivity index (χ3v) is 4.28. The molecule has 0 spiro atoms. The average Bonchev–Trinajstić information content (AvgIpc) is 3.16. The average molecular weight is 417 g/mol. The van der Waals surface area contributed by atoms with Gasteiger partial charge < -0.3 is 19.2 Å². The number of benzene rings is 2. The van der Waals surface area contributed by atoms with Gasteiger partial charge in [-0.1, -0.05) is 11.6 Å². The smallest absolute Gasteiger partial charge is 0.296 e. The summed E-state index contributed by atoms with van der Waals surface area (Å²) in [5.41, 5.74) is 0.617. The zero-order valence-corrected chi connectivity index (χ0v) is 16.4. The first-order valence-electron chi connectivity index (χ1n) is 8.49. The molecule has 0 unspecified atom stereocenters. The van der Waals surface area contributed by atoms with E-state index in [0.717, 1.165) is 5.56 Å². The van der Waals surface area contributed by atoms with E-state index in [9.17, 15) is 14.9 Å². The normalized spacial score (nSPS) is 10.4. The van der Waals surface area contributed by atoms with Gasteiger partial charge in [-0.05, 0) is 55.0 Å². The third-order valence-electron chi connectivity index (χ3n) is 4.04. The van der Waals surface area contributed by atoms with Crippen LogP contribution in [0.1, 0.15) is 21.9 Å². The number of anilines is 1. The number of carbonyl (C=O) groups excluding carboxylic acids is 1. The largest absolute Gasteiger partial charge is 0.496 e. The van der Waals surface area contributed by atoms with Gasteiger partial charge >= 0.3 is 0 Å². The molecule has 1 aromatic heterocycles. The molecule has 2 aromatic carbocycles. The lowest BCUT2D eigenvalue weighted by atomic mass is 10.2. The zero-order chi connectivity index (χ0) is 21.0. The van der Waals surface area contributed by atoms with E-state index in [0.29, 0.717) is 22.3 Å². The molecule has 3 rings (SSSR count). The van der Waals surface area contributed by atoms with Gasteiger partial charge in [0.05, 0.1) is 18.1 Å². The summed E-state index contributed by atoms with van der Waals surface area (Å²) < 4.78 is 16.1. The first-order chi connectivity index (χ1) is 13.9. The Balaban J connectivity index is 1.69. The molecule has 0 saturated heterocycles. The molecule has 1 N–H and O–H groups in total. The lowest BCUT2D eigenvalue weighted by molar-refractivity contribution is -0.384. The van der Waals surface area contributed by atoms with Crippen molar-refractivity contribution >= 4 is 28.9 Å². The lowest BCUT2D eigenvalue weighted by Crippen LogP contribution is -2.12. The number of nitro benzene ring substituents is 1. The highest BCUT2D eigenvalue weighted by atomic mass is 35.5. The predicted molar refractivity (Wildman–Crippen MR) is 107 cm³/mol. The van der Waals surface area contributed by atoms with E-state index in [1.165, 1.54) is 31.4 Å². The highest BCUT2D eigenvalue weighted by Gasteiger charge is 2.19. The van der Waals surface area contributed by atoms with Crippen molar-refractivity contribution in [2.24, 2.45) is 0 Å². The second-order valence-corrected chi connectivity index (χ2v) is 6.50. The van der Waals surface area contributed by atoms with E-state index >= 15 is 0 Å². The summed E-state index contributed by atoms with van der Waals surface area (Å²) in [4.78, 5) is 23.0. The number of hydrogen-bond acceptors (Lipinski definition) is 6. The van der Waals surface area contributed by atoms with Crippen LogP contribution in [0.5, 0.6) is 11.5 Å². The van der Waals surface area contributed by atoms with Crippen LogP contribution in [0.4, 0.5) is 11.4 Å². The molecule has 150 valence electrons. The molecule has 0 aliphatic carbocycles. The van der Waals surface area contributed by atoms with Crippen LogP contribution in [0.2, 0.25) is 5.02 Å². The van der Waals surface area contributed by atoms with Gasteiger partial charge in [-0.15, -0.1) is 0 Å². The van der Waals surface area contributed by atoms with E-state index in [4.69, 9.17) is 25.5 Å². The van der Waals surface area contributed by atoms with Gasteiger partial charge in [0.2, 0.25) is 0 Å². The highest BCUT2D eigenvalue weighted by Crippen LogP contribution is 2.29.